The lowest BCUT2D eigenvalue weighted by Gasteiger charge is -2.10. The van der Waals surface area contributed by atoms with Crippen LogP contribution in [0.5, 0.6) is 0 Å². The molecule has 0 aromatic carbocycles. The fourth-order valence-corrected chi connectivity index (χ4v) is 1.75. The molecule has 0 radical (unpaired) electrons. The SMILES string of the molecule is CC(C)C(=C1C=CC=C1)c1ccco1. The van der Waals surface area contributed by atoms with E-state index >= 15 is 0 Å². The summed E-state index contributed by atoms with van der Waals surface area (Å²) in [5.74, 6) is 1.45. The van der Waals surface area contributed by atoms with Gasteiger partial charge < -0.3 is 4.42 Å². The van der Waals surface area contributed by atoms with E-state index in [9.17, 15) is 0 Å². The molecule has 72 valence electrons. The number of furan rings is 1. The molecule has 14 heavy (non-hydrogen) atoms. The van der Waals surface area contributed by atoms with Crippen LogP contribution in [0.25, 0.3) is 5.57 Å². The van der Waals surface area contributed by atoms with E-state index in [0.29, 0.717) is 5.92 Å². The molecular weight excluding hydrogens is 172 g/mol. The van der Waals surface area contributed by atoms with Gasteiger partial charge in [-0.3, -0.25) is 0 Å². The number of rotatable bonds is 2. The fourth-order valence-electron chi connectivity index (χ4n) is 1.75. The first-order valence-corrected chi connectivity index (χ1v) is 4.92. The number of hydrogen-bond acceptors (Lipinski definition) is 1. The highest BCUT2D eigenvalue weighted by molar-refractivity contribution is 5.73. The molecule has 0 unspecified atom stereocenters. The zero-order valence-corrected chi connectivity index (χ0v) is 8.53. The van der Waals surface area contributed by atoms with Crippen LogP contribution in [0.2, 0.25) is 0 Å². The highest BCUT2D eigenvalue weighted by Gasteiger charge is 2.13. The molecule has 2 rings (SSSR count). The summed E-state index contributed by atoms with van der Waals surface area (Å²) >= 11 is 0. The third kappa shape index (κ3) is 1.58. The Kier molecular flexibility index (Phi) is 2.40. The van der Waals surface area contributed by atoms with Crippen molar-refractivity contribution < 1.29 is 4.42 Å². The maximum Gasteiger partial charge on any atom is 0.130 e. The quantitative estimate of drug-likeness (QED) is 0.684. The Labute approximate surface area is 84.4 Å². The van der Waals surface area contributed by atoms with Crippen molar-refractivity contribution in [3.63, 3.8) is 0 Å². The van der Waals surface area contributed by atoms with Crippen LogP contribution < -0.4 is 0 Å². The molecule has 1 heterocycles. The van der Waals surface area contributed by atoms with Gasteiger partial charge >= 0.3 is 0 Å². The van der Waals surface area contributed by atoms with Gasteiger partial charge in [0.1, 0.15) is 5.76 Å². The van der Waals surface area contributed by atoms with E-state index in [2.05, 4.69) is 38.2 Å². The van der Waals surface area contributed by atoms with Crippen LogP contribution in [-0.2, 0) is 0 Å². The largest absolute Gasteiger partial charge is 0.465 e. The Hall–Kier alpha value is -1.50. The second-order valence-electron chi connectivity index (χ2n) is 3.72. The topological polar surface area (TPSA) is 13.1 Å². The molecule has 0 N–H and O–H groups in total. The Morgan fingerprint density at radius 2 is 1.93 bits per heavy atom. The molecule has 0 saturated carbocycles. The lowest BCUT2D eigenvalue weighted by atomic mass is 9.95. The first-order valence-electron chi connectivity index (χ1n) is 4.92. The molecule has 1 nitrogen and oxygen atoms in total. The zero-order valence-electron chi connectivity index (χ0n) is 8.53. The van der Waals surface area contributed by atoms with E-state index in [4.69, 9.17) is 4.42 Å². The predicted octanol–water partition coefficient (Wildman–Crippen LogP) is 3.82. The number of allylic oxidation sites excluding steroid dienone is 6. The zero-order chi connectivity index (χ0) is 9.97. The molecule has 1 heteroatoms. The molecule has 0 bridgehead atoms. The van der Waals surface area contributed by atoms with Crippen LogP contribution >= 0.6 is 0 Å². The molecule has 0 atom stereocenters. The van der Waals surface area contributed by atoms with Gasteiger partial charge in [0, 0.05) is 5.57 Å². The fraction of sp³-hybridized carbons (Fsp3) is 0.231. The van der Waals surface area contributed by atoms with Gasteiger partial charge in [-0.25, -0.2) is 0 Å². The molecule has 1 aliphatic rings. The van der Waals surface area contributed by atoms with Crippen LogP contribution in [0.15, 0.2) is 52.7 Å². The molecule has 0 fully saturated rings. The van der Waals surface area contributed by atoms with E-state index < -0.39 is 0 Å². The second-order valence-corrected chi connectivity index (χ2v) is 3.72. The molecule has 1 aromatic rings. The Balaban J connectivity index is 2.49. The predicted molar refractivity (Wildman–Crippen MR) is 58.7 cm³/mol. The van der Waals surface area contributed by atoms with Crippen molar-refractivity contribution in [2.24, 2.45) is 5.92 Å². The third-order valence-corrected chi connectivity index (χ3v) is 2.34. The van der Waals surface area contributed by atoms with Gasteiger partial charge in [-0.1, -0.05) is 38.2 Å². The first-order chi connectivity index (χ1) is 6.79. The normalized spacial score (nSPS) is 14.4. The van der Waals surface area contributed by atoms with Crippen molar-refractivity contribution in [3.05, 3.63) is 54.0 Å². The smallest absolute Gasteiger partial charge is 0.130 e. The van der Waals surface area contributed by atoms with Gasteiger partial charge in [0.2, 0.25) is 0 Å². The van der Waals surface area contributed by atoms with Crippen molar-refractivity contribution in [2.75, 3.05) is 0 Å². The summed E-state index contributed by atoms with van der Waals surface area (Å²) in [5.41, 5.74) is 2.54. The highest BCUT2D eigenvalue weighted by atomic mass is 16.3. The van der Waals surface area contributed by atoms with Crippen molar-refractivity contribution in [3.8, 4) is 0 Å². The Morgan fingerprint density at radius 3 is 2.43 bits per heavy atom. The van der Waals surface area contributed by atoms with Crippen molar-refractivity contribution >= 4 is 5.57 Å². The minimum absolute atomic E-state index is 0.476. The minimum Gasteiger partial charge on any atom is -0.465 e. The Morgan fingerprint density at radius 1 is 1.21 bits per heavy atom. The standard InChI is InChI=1S/C13H14O/c1-10(2)13(11-6-3-4-7-11)12-8-5-9-14-12/h3-10H,1-2H3. The monoisotopic (exact) mass is 186 g/mol. The Bertz CT molecular complexity index is 375. The highest BCUT2D eigenvalue weighted by Crippen LogP contribution is 2.29. The van der Waals surface area contributed by atoms with Crippen LogP contribution in [0.1, 0.15) is 19.6 Å². The average molecular weight is 186 g/mol. The summed E-state index contributed by atoms with van der Waals surface area (Å²) in [6.07, 6.45) is 10.1. The lowest BCUT2D eigenvalue weighted by Crippen LogP contribution is -1.94. The molecule has 0 amide bonds. The third-order valence-electron chi connectivity index (χ3n) is 2.34. The van der Waals surface area contributed by atoms with Gasteiger partial charge in [0.05, 0.1) is 6.26 Å². The second kappa shape index (κ2) is 3.70. The van der Waals surface area contributed by atoms with E-state index in [1.165, 1.54) is 11.1 Å². The molecule has 1 aromatic heterocycles. The van der Waals surface area contributed by atoms with Gasteiger partial charge in [-0.2, -0.15) is 0 Å². The maximum atomic E-state index is 5.44. The van der Waals surface area contributed by atoms with Gasteiger partial charge in [0.25, 0.3) is 0 Å². The lowest BCUT2D eigenvalue weighted by molar-refractivity contribution is 0.544. The average Bonchev–Trinajstić information content (AvgIpc) is 2.75. The summed E-state index contributed by atoms with van der Waals surface area (Å²) in [6, 6.07) is 3.95. The van der Waals surface area contributed by atoms with Crippen LogP contribution in [-0.4, -0.2) is 0 Å². The van der Waals surface area contributed by atoms with E-state index in [0.717, 1.165) is 5.76 Å². The van der Waals surface area contributed by atoms with Gasteiger partial charge in [-0.05, 0) is 23.6 Å². The summed E-state index contributed by atoms with van der Waals surface area (Å²) in [4.78, 5) is 0. The number of hydrogen-bond donors (Lipinski definition) is 0. The van der Waals surface area contributed by atoms with Crippen molar-refractivity contribution in [1.82, 2.24) is 0 Å². The van der Waals surface area contributed by atoms with Crippen LogP contribution in [0, 0.1) is 5.92 Å². The summed E-state index contributed by atoms with van der Waals surface area (Å²) < 4.78 is 5.44. The summed E-state index contributed by atoms with van der Waals surface area (Å²) in [6.45, 7) is 4.37. The molecule has 1 aliphatic carbocycles. The van der Waals surface area contributed by atoms with E-state index in [-0.39, 0.29) is 0 Å². The molecular formula is C13H14O. The van der Waals surface area contributed by atoms with E-state index in [1.807, 2.05) is 12.1 Å². The molecule has 0 spiro atoms. The van der Waals surface area contributed by atoms with Crippen LogP contribution in [0.4, 0.5) is 0 Å². The maximum absolute atomic E-state index is 5.44. The summed E-state index contributed by atoms with van der Waals surface area (Å²) in [5, 5.41) is 0. The first kappa shape index (κ1) is 9.07. The molecule has 0 aliphatic heterocycles. The van der Waals surface area contributed by atoms with Crippen molar-refractivity contribution in [2.45, 2.75) is 13.8 Å². The minimum atomic E-state index is 0.476. The summed E-state index contributed by atoms with van der Waals surface area (Å²) in [7, 11) is 0. The van der Waals surface area contributed by atoms with Gasteiger partial charge in [0.15, 0.2) is 0 Å². The van der Waals surface area contributed by atoms with Crippen LogP contribution in [0.3, 0.4) is 0 Å². The van der Waals surface area contributed by atoms with E-state index in [1.54, 1.807) is 6.26 Å². The van der Waals surface area contributed by atoms with Crippen molar-refractivity contribution in [1.29, 1.82) is 0 Å². The van der Waals surface area contributed by atoms with Gasteiger partial charge in [-0.15, -0.1) is 0 Å². The molecule has 0 saturated heterocycles.